The van der Waals surface area contributed by atoms with Crippen molar-refractivity contribution in [3.05, 3.63) is 76.3 Å². The van der Waals surface area contributed by atoms with Crippen molar-refractivity contribution in [2.75, 3.05) is 38.5 Å². The first-order valence-corrected chi connectivity index (χ1v) is 11.5. The molecule has 1 aliphatic heterocycles. The Bertz CT molecular complexity index is 1390. The highest BCUT2D eigenvalue weighted by molar-refractivity contribution is 5.94. The number of nitrogens with zero attached hydrogens (tertiary/aromatic N) is 6. The first kappa shape index (κ1) is 23.4. The van der Waals surface area contributed by atoms with Crippen LogP contribution in [0.4, 0.5) is 21.7 Å². The van der Waals surface area contributed by atoms with Gasteiger partial charge in [0.2, 0.25) is 5.88 Å². The van der Waals surface area contributed by atoms with E-state index in [0.29, 0.717) is 36.5 Å². The number of nitrogens with one attached hydrogen (secondary N) is 1. The second kappa shape index (κ2) is 9.71. The molecule has 0 bridgehead atoms. The molecule has 0 radical (unpaired) electrons. The monoisotopic (exact) mass is 485 g/mol. The summed E-state index contributed by atoms with van der Waals surface area (Å²) in [6, 6.07) is 6.69. The van der Waals surface area contributed by atoms with Gasteiger partial charge < -0.3 is 19.9 Å². The number of rotatable bonds is 5. The van der Waals surface area contributed by atoms with E-state index in [9.17, 15) is 4.79 Å². The molecule has 3 aromatic rings. The summed E-state index contributed by atoms with van der Waals surface area (Å²) in [5.74, 6) is -0.0818. The smallest absolute Gasteiger partial charge is 0.288 e. The van der Waals surface area contributed by atoms with Crippen molar-refractivity contribution in [1.29, 1.82) is 0 Å². The lowest BCUT2D eigenvalue weighted by Gasteiger charge is -2.32. The average Bonchev–Trinajstić information content (AvgIpc) is 3.27. The van der Waals surface area contributed by atoms with E-state index in [1.54, 1.807) is 24.3 Å². The average molecular weight is 486 g/mol. The molecule has 0 unspecified atom stereocenters. The largest absolute Gasteiger partial charge is 0.446 e. The number of allylic oxidation sites excluding steroid dienone is 1. The van der Waals surface area contributed by atoms with Crippen LogP contribution in [0.2, 0.25) is 0 Å². The Morgan fingerprint density at radius 3 is 2.67 bits per heavy atom. The predicted molar refractivity (Wildman–Crippen MR) is 133 cm³/mol. The molecule has 1 aliphatic carbocycles. The van der Waals surface area contributed by atoms with Gasteiger partial charge in [0.1, 0.15) is 18.0 Å². The molecule has 1 fully saturated rings. The van der Waals surface area contributed by atoms with E-state index in [0.717, 1.165) is 24.2 Å². The first-order chi connectivity index (χ1) is 17.4. The highest BCUT2D eigenvalue weighted by Crippen LogP contribution is 2.39. The molecule has 1 amide bonds. The van der Waals surface area contributed by atoms with Crippen LogP contribution >= 0.6 is 0 Å². The van der Waals surface area contributed by atoms with Crippen LogP contribution in [0.5, 0.6) is 11.6 Å². The number of likely N-dealkylation sites (N-methyl/N-ethyl adjacent to an activating group) is 1. The molecule has 1 aromatic carbocycles. The number of ether oxygens (including phenoxy) is 1. The van der Waals surface area contributed by atoms with Gasteiger partial charge in [-0.15, -0.1) is 0 Å². The Morgan fingerprint density at radius 1 is 1.14 bits per heavy atom. The second-order valence-corrected chi connectivity index (χ2v) is 8.86. The third-order valence-corrected chi connectivity index (χ3v) is 6.25. The maximum atomic E-state index is 15.0. The molecule has 9 nitrogen and oxygen atoms in total. The molecule has 10 heteroatoms. The molecular weight excluding hydrogens is 461 g/mol. The fourth-order valence-corrected chi connectivity index (χ4v) is 4.24. The number of hydrogen-bond acceptors (Lipinski definition) is 7. The van der Waals surface area contributed by atoms with E-state index in [1.165, 1.54) is 12.5 Å². The fraction of sp³-hybridized carbons (Fsp3) is 0.269. The van der Waals surface area contributed by atoms with E-state index in [-0.39, 0.29) is 29.0 Å². The Balaban J connectivity index is 1.33. The summed E-state index contributed by atoms with van der Waals surface area (Å²) in [4.78, 5) is 32.7. The SMILES string of the molecule is [C-]#[N+]c1c(Nc2ccc(C(=O)N3CCN(C)CC3)cn2)ncnc1Oc1ccc2c(c1F)C=C(C)C2. The van der Waals surface area contributed by atoms with Gasteiger partial charge in [-0.1, -0.05) is 17.7 Å². The summed E-state index contributed by atoms with van der Waals surface area (Å²) in [5.41, 5.74) is 2.94. The van der Waals surface area contributed by atoms with Crippen molar-refractivity contribution in [1.82, 2.24) is 24.8 Å². The molecule has 2 aliphatic rings. The Kier molecular flexibility index (Phi) is 6.31. The highest BCUT2D eigenvalue weighted by atomic mass is 19.1. The molecule has 3 heterocycles. The van der Waals surface area contributed by atoms with E-state index in [4.69, 9.17) is 11.3 Å². The summed E-state index contributed by atoms with van der Waals surface area (Å²) < 4.78 is 20.7. The Morgan fingerprint density at radius 2 is 1.94 bits per heavy atom. The standard InChI is InChI=1S/C26H24FN7O2/c1-16-12-17-4-6-20(22(27)19(17)13-16)36-25-23(28-2)24(30-15-31-25)32-21-7-5-18(14-29-21)26(35)34-10-8-33(3)9-11-34/h4-7,13-15H,8-12H2,1,3H3,(H,29,30,31,32). The zero-order valence-electron chi connectivity index (χ0n) is 20.0. The van der Waals surface area contributed by atoms with E-state index in [2.05, 4.69) is 30.0 Å². The van der Waals surface area contributed by atoms with Gasteiger partial charge in [0.15, 0.2) is 11.6 Å². The molecule has 0 spiro atoms. The van der Waals surface area contributed by atoms with Gasteiger partial charge in [-0.3, -0.25) is 4.79 Å². The van der Waals surface area contributed by atoms with Crippen LogP contribution in [0.25, 0.3) is 10.9 Å². The van der Waals surface area contributed by atoms with E-state index in [1.807, 2.05) is 24.9 Å². The van der Waals surface area contributed by atoms with Gasteiger partial charge in [0.05, 0.1) is 12.1 Å². The van der Waals surface area contributed by atoms with Crippen molar-refractivity contribution in [2.45, 2.75) is 13.3 Å². The zero-order chi connectivity index (χ0) is 25.2. The third kappa shape index (κ3) is 4.61. The molecular formula is C26H24FN7O2. The lowest BCUT2D eigenvalue weighted by atomic mass is 10.1. The third-order valence-electron chi connectivity index (χ3n) is 6.25. The first-order valence-electron chi connectivity index (χ1n) is 11.5. The maximum Gasteiger partial charge on any atom is 0.288 e. The predicted octanol–water partition coefficient (Wildman–Crippen LogP) is 4.44. The van der Waals surface area contributed by atoms with Crippen LogP contribution in [0.15, 0.2) is 42.4 Å². The molecule has 0 saturated carbocycles. The fourth-order valence-electron chi connectivity index (χ4n) is 4.24. The number of piperazine rings is 1. The van der Waals surface area contributed by atoms with Gasteiger partial charge >= 0.3 is 0 Å². The number of benzene rings is 1. The van der Waals surface area contributed by atoms with Crippen molar-refractivity contribution in [2.24, 2.45) is 0 Å². The Labute approximate surface area is 208 Å². The Hall–Kier alpha value is -4.36. The number of anilines is 2. The minimum atomic E-state index is -0.490. The van der Waals surface area contributed by atoms with Gasteiger partial charge in [0.25, 0.3) is 11.6 Å². The summed E-state index contributed by atoms with van der Waals surface area (Å²) >= 11 is 0. The summed E-state index contributed by atoms with van der Waals surface area (Å²) in [6.07, 6.45) is 5.22. The molecule has 5 rings (SSSR count). The van der Waals surface area contributed by atoms with Crippen LogP contribution in [-0.2, 0) is 6.42 Å². The van der Waals surface area contributed by atoms with E-state index >= 15 is 4.39 Å². The number of amides is 1. The molecule has 1 saturated heterocycles. The van der Waals surface area contributed by atoms with Crippen molar-refractivity contribution in [3.63, 3.8) is 0 Å². The van der Waals surface area contributed by atoms with Crippen molar-refractivity contribution >= 4 is 29.3 Å². The second-order valence-electron chi connectivity index (χ2n) is 8.86. The quantitative estimate of drug-likeness (QED) is 0.535. The van der Waals surface area contributed by atoms with Crippen LogP contribution in [0, 0.1) is 12.4 Å². The molecule has 0 atom stereocenters. The highest BCUT2D eigenvalue weighted by Gasteiger charge is 2.22. The number of carbonyl (C=O) groups is 1. The molecule has 182 valence electrons. The normalized spacial score (nSPS) is 15.2. The van der Waals surface area contributed by atoms with Crippen LogP contribution in [-0.4, -0.2) is 63.9 Å². The number of fused-ring (bicyclic) bond motifs is 1. The number of carbonyl (C=O) groups excluding carboxylic acids is 1. The molecule has 36 heavy (non-hydrogen) atoms. The van der Waals surface area contributed by atoms with Gasteiger partial charge in [0, 0.05) is 37.9 Å². The molecule has 1 N–H and O–H groups in total. The zero-order valence-corrected chi connectivity index (χ0v) is 20.0. The number of pyridine rings is 1. The summed E-state index contributed by atoms with van der Waals surface area (Å²) in [7, 11) is 2.03. The van der Waals surface area contributed by atoms with Crippen molar-refractivity contribution in [3.8, 4) is 11.6 Å². The van der Waals surface area contributed by atoms with Crippen molar-refractivity contribution < 1.29 is 13.9 Å². The molecule has 2 aromatic heterocycles. The van der Waals surface area contributed by atoms with Crippen LogP contribution in [0.1, 0.15) is 28.4 Å². The summed E-state index contributed by atoms with van der Waals surface area (Å²) in [6.45, 7) is 12.6. The summed E-state index contributed by atoms with van der Waals surface area (Å²) in [5, 5.41) is 2.97. The minimum absolute atomic E-state index is 0.0106. The van der Waals surface area contributed by atoms with Crippen LogP contribution < -0.4 is 10.1 Å². The lowest BCUT2D eigenvalue weighted by Crippen LogP contribution is -2.47. The van der Waals surface area contributed by atoms with Gasteiger partial charge in [-0.05, 0) is 44.2 Å². The number of aromatic nitrogens is 3. The van der Waals surface area contributed by atoms with Gasteiger partial charge in [-0.2, -0.15) is 0 Å². The van der Waals surface area contributed by atoms with Crippen LogP contribution in [0.3, 0.4) is 0 Å². The number of hydrogen-bond donors (Lipinski definition) is 1. The number of halogens is 1. The maximum absolute atomic E-state index is 15.0. The lowest BCUT2D eigenvalue weighted by molar-refractivity contribution is 0.0663. The van der Waals surface area contributed by atoms with E-state index < -0.39 is 5.82 Å². The van der Waals surface area contributed by atoms with Gasteiger partial charge in [-0.25, -0.2) is 24.2 Å². The topological polar surface area (TPSA) is 87.8 Å². The minimum Gasteiger partial charge on any atom is -0.446 e.